The predicted molar refractivity (Wildman–Crippen MR) is 49.8 cm³/mol. The molecule has 15 heavy (non-hydrogen) atoms. The Morgan fingerprint density at radius 2 is 2.13 bits per heavy atom. The van der Waals surface area contributed by atoms with Crippen molar-refractivity contribution in [3.63, 3.8) is 0 Å². The molecule has 0 amide bonds. The summed E-state index contributed by atoms with van der Waals surface area (Å²) in [5.41, 5.74) is 0. The first kappa shape index (κ1) is 14.5. The van der Waals surface area contributed by atoms with Crippen molar-refractivity contribution in [1.29, 1.82) is 0 Å². The summed E-state index contributed by atoms with van der Waals surface area (Å²) in [6, 6.07) is -1.23. The van der Waals surface area contributed by atoms with E-state index in [9.17, 15) is 18.0 Å². The number of hydrogen-bond donors (Lipinski definition) is 1. The van der Waals surface area contributed by atoms with Crippen LogP contribution in [0.2, 0.25) is 0 Å². The van der Waals surface area contributed by atoms with E-state index in [-0.39, 0.29) is 32.0 Å². The summed E-state index contributed by atoms with van der Waals surface area (Å²) < 4.78 is 41.6. The number of rotatable bonds is 2. The average Bonchev–Trinajstić information content (AvgIpc) is 2.50. The summed E-state index contributed by atoms with van der Waals surface area (Å²) in [5.74, 6) is -2.42. The first-order valence-corrected chi connectivity index (χ1v) is 4.43. The molecular weight excluding hydrogens is 235 g/mol. The molecule has 3 nitrogen and oxygen atoms in total. The Morgan fingerprint density at radius 1 is 1.53 bits per heavy atom. The summed E-state index contributed by atoms with van der Waals surface area (Å²) in [5, 5.41) is 2.50. The SMILES string of the molecule is CCOC(=O)[C@H]1NCC[C@H]1C(F)(F)F.Cl. The highest BCUT2D eigenvalue weighted by atomic mass is 35.5. The van der Waals surface area contributed by atoms with Crippen LogP contribution < -0.4 is 5.32 Å². The molecule has 1 aliphatic heterocycles. The van der Waals surface area contributed by atoms with Gasteiger partial charge in [0.05, 0.1) is 12.5 Å². The Bertz CT molecular complexity index is 222. The number of halogens is 4. The van der Waals surface area contributed by atoms with E-state index in [0.29, 0.717) is 0 Å². The zero-order valence-corrected chi connectivity index (χ0v) is 8.95. The minimum Gasteiger partial charge on any atom is -0.465 e. The fraction of sp³-hybridized carbons (Fsp3) is 0.875. The molecule has 1 saturated heterocycles. The van der Waals surface area contributed by atoms with E-state index in [1.54, 1.807) is 6.92 Å². The Hall–Kier alpha value is -0.490. The second kappa shape index (κ2) is 5.55. The second-order valence-corrected chi connectivity index (χ2v) is 3.12. The number of hydrogen-bond acceptors (Lipinski definition) is 3. The molecule has 1 N–H and O–H groups in total. The van der Waals surface area contributed by atoms with E-state index in [2.05, 4.69) is 10.1 Å². The van der Waals surface area contributed by atoms with Gasteiger partial charge in [0.2, 0.25) is 0 Å². The molecule has 0 unspecified atom stereocenters. The molecule has 1 fully saturated rings. The van der Waals surface area contributed by atoms with Crippen molar-refractivity contribution >= 4 is 18.4 Å². The van der Waals surface area contributed by atoms with Crippen LogP contribution in [0.4, 0.5) is 13.2 Å². The van der Waals surface area contributed by atoms with Crippen LogP contribution in [0.3, 0.4) is 0 Å². The normalized spacial score (nSPS) is 25.9. The van der Waals surface area contributed by atoms with E-state index in [1.165, 1.54) is 0 Å². The highest BCUT2D eigenvalue weighted by Crippen LogP contribution is 2.34. The molecule has 0 spiro atoms. The summed E-state index contributed by atoms with van der Waals surface area (Å²) in [6.07, 6.45) is -4.39. The van der Waals surface area contributed by atoms with Crippen LogP contribution in [0.25, 0.3) is 0 Å². The Labute approximate surface area is 91.8 Å². The van der Waals surface area contributed by atoms with E-state index in [1.807, 2.05) is 0 Å². The number of carbonyl (C=O) groups excluding carboxylic acids is 1. The molecule has 0 aromatic heterocycles. The maximum atomic E-state index is 12.4. The van der Waals surface area contributed by atoms with Crippen LogP contribution >= 0.6 is 12.4 Å². The molecule has 1 heterocycles. The lowest BCUT2D eigenvalue weighted by Crippen LogP contribution is -2.42. The zero-order chi connectivity index (χ0) is 10.8. The molecule has 0 bridgehead atoms. The van der Waals surface area contributed by atoms with Crippen molar-refractivity contribution in [2.24, 2.45) is 5.92 Å². The molecule has 90 valence electrons. The van der Waals surface area contributed by atoms with Crippen molar-refractivity contribution < 1.29 is 22.7 Å². The van der Waals surface area contributed by atoms with Gasteiger partial charge in [-0.05, 0) is 19.9 Å². The molecule has 7 heteroatoms. The monoisotopic (exact) mass is 247 g/mol. The van der Waals surface area contributed by atoms with Gasteiger partial charge >= 0.3 is 12.1 Å². The smallest absolute Gasteiger partial charge is 0.393 e. The van der Waals surface area contributed by atoms with Crippen molar-refractivity contribution in [2.75, 3.05) is 13.2 Å². The third-order valence-corrected chi connectivity index (χ3v) is 2.18. The molecule has 2 atom stereocenters. The Morgan fingerprint density at radius 3 is 2.60 bits per heavy atom. The largest absolute Gasteiger partial charge is 0.465 e. The van der Waals surface area contributed by atoms with Crippen molar-refractivity contribution in [1.82, 2.24) is 5.32 Å². The lowest BCUT2D eigenvalue weighted by atomic mass is 10.0. The Balaban J connectivity index is 0.00000196. The van der Waals surface area contributed by atoms with Crippen LogP contribution in [-0.4, -0.2) is 31.3 Å². The number of alkyl halides is 3. The van der Waals surface area contributed by atoms with Gasteiger partial charge in [-0.15, -0.1) is 12.4 Å². The molecule has 0 saturated carbocycles. The second-order valence-electron chi connectivity index (χ2n) is 3.12. The maximum Gasteiger partial charge on any atom is 0.393 e. The standard InChI is InChI=1S/C8H12F3NO2.ClH/c1-2-14-7(13)6-5(3-4-12-6)8(9,10)11;/h5-6,12H,2-4H2,1H3;1H/t5-,6+;/m1./s1. The first-order valence-electron chi connectivity index (χ1n) is 4.43. The summed E-state index contributed by atoms with van der Waals surface area (Å²) in [4.78, 5) is 11.1. The lowest BCUT2D eigenvalue weighted by Gasteiger charge is -2.20. The number of carbonyl (C=O) groups is 1. The third-order valence-electron chi connectivity index (χ3n) is 2.18. The highest BCUT2D eigenvalue weighted by molar-refractivity contribution is 5.85. The van der Waals surface area contributed by atoms with Crippen LogP contribution in [0.5, 0.6) is 0 Å². The van der Waals surface area contributed by atoms with E-state index in [4.69, 9.17) is 0 Å². The fourth-order valence-corrected chi connectivity index (χ4v) is 1.54. The average molecular weight is 248 g/mol. The van der Waals surface area contributed by atoms with Crippen molar-refractivity contribution in [3.8, 4) is 0 Å². The summed E-state index contributed by atoms with van der Waals surface area (Å²) in [7, 11) is 0. The van der Waals surface area contributed by atoms with Crippen LogP contribution in [0, 0.1) is 5.92 Å². The molecule has 0 aliphatic carbocycles. The topological polar surface area (TPSA) is 38.3 Å². The molecule has 1 aliphatic rings. The molecule has 0 aromatic carbocycles. The van der Waals surface area contributed by atoms with Gasteiger partial charge in [-0.25, -0.2) is 0 Å². The first-order chi connectivity index (χ1) is 6.46. The van der Waals surface area contributed by atoms with Crippen LogP contribution in [0.15, 0.2) is 0 Å². The summed E-state index contributed by atoms with van der Waals surface area (Å²) >= 11 is 0. The number of esters is 1. The van der Waals surface area contributed by atoms with Gasteiger partial charge in [0.25, 0.3) is 0 Å². The molecule has 1 rings (SSSR count). The highest BCUT2D eigenvalue weighted by Gasteiger charge is 2.50. The third kappa shape index (κ3) is 3.53. The van der Waals surface area contributed by atoms with E-state index < -0.39 is 24.1 Å². The minimum atomic E-state index is -4.33. The van der Waals surface area contributed by atoms with Gasteiger partial charge in [-0.3, -0.25) is 4.79 Å². The van der Waals surface area contributed by atoms with Crippen LogP contribution in [0.1, 0.15) is 13.3 Å². The van der Waals surface area contributed by atoms with E-state index in [0.717, 1.165) is 0 Å². The number of nitrogens with one attached hydrogen (secondary N) is 1. The predicted octanol–water partition coefficient (Wildman–Crippen LogP) is 1.51. The summed E-state index contributed by atoms with van der Waals surface area (Å²) in [6.45, 7) is 1.87. The molecular formula is C8H13ClF3NO2. The van der Waals surface area contributed by atoms with Gasteiger partial charge in [0, 0.05) is 0 Å². The number of ether oxygens (including phenoxy) is 1. The van der Waals surface area contributed by atoms with Crippen molar-refractivity contribution in [3.05, 3.63) is 0 Å². The van der Waals surface area contributed by atoms with Gasteiger partial charge in [0.1, 0.15) is 6.04 Å². The maximum absolute atomic E-state index is 12.4. The lowest BCUT2D eigenvalue weighted by molar-refractivity contribution is -0.185. The van der Waals surface area contributed by atoms with Gasteiger partial charge in [-0.2, -0.15) is 13.2 Å². The molecule has 0 radical (unpaired) electrons. The Kier molecular flexibility index (Phi) is 5.37. The molecule has 0 aromatic rings. The van der Waals surface area contributed by atoms with Gasteiger partial charge < -0.3 is 10.1 Å². The quantitative estimate of drug-likeness (QED) is 0.752. The fourth-order valence-electron chi connectivity index (χ4n) is 1.54. The van der Waals surface area contributed by atoms with Gasteiger partial charge in [0.15, 0.2) is 0 Å². The van der Waals surface area contributed by atoms with E-state index >= 15 is 0 Å². The zero-order valence-electron chi connectivity index (χ0n) is 8.13. The van der Waals surface area contributed by atoms with Crippen molar-refractivity contribution in [2.45, 2.75) is 25.6 Å². The van der Waals surface area contributed by atoms with Gasteiger partial charge in [-0.1, -0.05) is 0 Å². The van der Waals surface area contributed by atoms with Crippen LogP contribution in [-0.2, 0) is 9.53 Å². The minimum absolute atomic E-state index is 0.